The number of carbonyl (C=O) groups is 1. The topological polar surface area (TPSA) is 72.3 Å². The van der Waals surface area contributed by atoms with E-state index in [4.69, 9.17) is 4.74 Å². The molecule has 4 aromatic carbocycles. The van der Waals surface area contributed by atoms with Gasteiger partial charge in [-0.3, -0.25) is 4.79 Å². The lowest BCUT2D eigenvalue weighted by molar-refractivity contribution is 0.0666. The van der Waals surface area contributed by atoms with Crippen LogP contribution in [0.1, 0.15) is 44.5 Å². The molecular formula is C32H29N5O2. The number of nitrogens with zero attached hydrogens (tertiary/aromatic N) is 4. The number of anilines is 1. The number of hydrogen-bond acceptors (Lipinski definition) is 5. The van der Waals surface area contributed by atoms with E-state index in [1.807, 2.05) is 101 Å². The molecule has 2 heterocycles. The summed E-state index contributed by atoms with van der Waals surface area (Å²) in [6.07, 6.45) is 1.61. The van der Waals surface area contributed by atoms with Gasteiger partial charge < -0.3 is 15.0 Å². The van der Waals surface area contributed by atoms with E-state index in [0.717, 1.165) is 28.3 Å². The monoisotopic (exact) mass is 515 g/mol. The first-order chi connectivity index (χ1) is 19.1. The summed E-state index contributed by atoms with van der Waals surface area (Å²) in [6, 6.07) is 33.9. The molecule has 0 radical (unpaired) electrons. The van der Waals surface area contributed by atoms with Crippen molar-refractivity contribution in [2.45, 2.75) is 32.8 Å². The molecule has 1 aliphatic heterocycles. The summed E-state index contributed by atoms with van der Waals surface area (Å²) in [5.74, 6) is 0.733. The molecule has 6 rings (SSSR count). The molecule has 0 bridgehead atoms. The molecule has 1 N–H and O–H groups in total. The van der Waals surface area contributed by atoms with Crippen LogP contribution in [-0.4, -0.2) is 25.8 Å². The summed E-state index contributed by atoms with van der Waals surface area (Å²) < 4.78 is 7.82. The average Bonchev–Trinajstić information content (AvgIpc) is 3.41. The van der Waals surface area contributed by atoms with Gasteiger partial charge in [0.25, 0.3) is 5.91 Å². The highest BCUT2D eigenvalue weighted by Crippen LogP contribution is 2.34. The molecule has 0 saturated heterocycles. The van der Waals surface area contributed by atoms with E-state index in [2.05, 4.69) is 40.8 Å². The first-order valence-corrected chi connectivity index (χ1v) is 13.0. The lowest BCUT2D eigenvalue weighted by Crippen LogP contribution is -2.42. The minimum absolute atomic E-state index is 0.00674. The molecule has 0 fully saturated rings. The number of hydrogen-bond donors (Lipinski definition) is 1. The van der Waals surface area contributed by atoms with Crippen LogP contribution >= 0.6 is 0 Å². The Morgan fingerprint density at radius 2 is 1.62 bits per heavy atom. The zero-order valence-corrected chi connectivity index (χ0v) is 21.7. The Balaban J connectivity index is 1.15. The number of carbonyl (C=O) groups excluding carboxylic acids is 1. The maximum Gasteiger partial charge on any atom is 0.258 e. The molecule has 1 aliphatic rings. The third kappa shape index (κ3) is 5.52. The first-order valence-electron chi connectivity index (χ1n) is 13.0. The fourth-order valence-electron chi connectivity index (χ4n) is 4.88. The highest BCUT2D eigenvalue weighted by Gasteiger charge is 2.32. The van der Waals surface area contributed by atoms with Crippen molar-refractivity contribution in [1.29, 1.82) is 0 Å². The van der Waals surface area contributed by atoms with Crippen molar-refractivity contribution >= 4 is 11.6 Å². The van der Waals surface area contributed by atoms with E-state index in [1.54, 1.807) is 0 Å². The Morgan fingerprint density at radius 3 is 2.44 bits per heavy atom. The second-order valence-corrected chi connectivity index (χ2v) is 9.77. The van der Waals surface area contributed by atoms with Gasteiger partial charge in [-0.25, -0.2) is 4.68 Å². The standard InChI is InChI=1S/C32H29N5O2/c1-23-8-7-11-25(18-23)19-36-21-27(34-35-36)22-39-28-16-14-26(15-17-28)31-33-30-13-6-5-12-29(30)32(38)37(31)20-24-9-3-2-4-10-24/h2-18,21,31,33H,19-20,22H2,1H3. The third-order valence-corrected chi connectivity index (χ3v) is 6.81. The molecule has 194 valence electrons. The number of benzene rings is 4. The Hall–Kier alpha value is -4.91. The van der Waals surface area contributed by atoms with E-state index < -0.39 is 0 Å². The molecule has 1 unspecified atom stereocenters. The van der Waals surface area contributed by atoms with Crippen molar-refractivity contribution in [2.24, 2.45) is 0 Å². The Bertz CT molecular complexity index is 1580. The second-order valence-electron chi connectivity index (χ2n) is 9.77. The fourth-order valence-corrected chi connectivity index (χ4v) is 4.88. The molecule has 0 spiro atoms. The number of fused-ring (bicyclic) bond motifs is 1. The van der Waals surface area contributed by atoms with Crippen LogP contribution in [0.5, 0.6) is 5.75 Å². The summed E-state index contributed by atoms with van der Waals surface area (Å²) in [6.45, 7) is 3.57. The zero-order chi connectivity index (χ0) is 26.6. The molecule has 0 aliphatic carbocycles. The largest absolute Gasteiger partial charge is 0.487 e. The molecule has 1 aromatic heterocycles. The molecule has 5 aromatic rings. The van der Waals surface area contributed by atoms with E-state index in [1.165, 1.54) is 11.1 Å². The summed E-state index contributed by atoms with van der Waals surface area (Å²) >= 11 is 0. The van der Waals surface area contributed by atoms with Crippen molar-refractivity contribution in [3.8, 4) is 5.75 Å². The lowest BCUT2D eigenvalue weighted by atomic mass is 10.0. The van der Waals surface area contributed by atoms with Gasteiger partial charge in [0.2, 0.25) is 0 Å². The highest BCUT2D eigenvalue weighted by molar-refractivity contribution is 6.01. The van der Waals surface area contributed by atoms with Crippen LogP contribution in [0.15, 0.2) is 109 Å². The minimum atomic E-state index is -0.303. The highest BCUT2D eigenvalue weighted by atomic mass is 16.5. The van der Waals surface area contributed by atoms with Gasteiger partial charge in [0.15, 0.2) is 0 Å². The van der Waals surface area contributed by atoms with Gasteiger partial charge >= 0.3 is 0 Å². The molecule has 0 saturated carbocycles. The second kappa shape index (κ2) is 10.8. The maximum absolute atomic E-state index is 13.5. The number of amides is 1. The van der Waals surface area contributed by atoms with Crippen molar-refractivity contribution in [3.63, 3.8) is 0 Å². The van der Waals surface area contributed by atoms with Gasteiger partial charge in [0, 0.05) is 12.2 Å². The molecular weight excluding hydrogens is 486 g/mol. The van der Waals surface area contributed by atoms with Crippen LogP contribution in [-0.2, 0) is 19.7 Å². The average molecular weight is 516 g/mol. The van der Waals surface area contributed by atoms with Gasteiger partial charge in [0.1, 0.15) is 24.2 Å². The van der Waals surface area contributed by atoms with E-state index in [-0.39, 0.29) is 12.1 Å². The van der Waals surface area contributed by atoms with Crippen LogP contribution in [0, 0.1) is 6.92 Å². The molecule has 7 nitrogen and oxygen atoms in total. The number of rotatable bonds is 8. The van der Waals surface area contributed by atoms with Crippen molar-refractivity contribution < 1.29 is 9.53 Å². The number of aromatic nitrogens is 3. The maximum atomic E-state index is 13.5. The number of ether oxygens (including phenoxy) is 1. The molecule has 39 heavy (non-hydrogen) atoms. The van der Waals surface area contributed by atoms with Crippen LogP contribution in [0.2, 0.25) is 0 Å². The lowest BCUT2D eigenvalue weighted by Gasteiger charge is -2.38. The Kier molecular flexibility index (Phi) is 6.78. The van der Waals surface area contributed by atoms with Crippen LogP contribution < -0.4 is 10.1 Å². The number of aryl methyl sites for hydroxylation is 1. The SMILES string of the molecule is Cc1cccc(Cn2cc(COc3ccc(C4Nc5ccccc5C(=O)N4Cc4ccccc4)cc3)nn2)c1. The van der Waals surface area contributed by atoms with E-state index in [9.17, 15) is 4.79 Å². The molecule has 1 atom stereocenters. The summed E-state index contributed by atoms with van der Waals surface area (Å²) in [5.41, 5.74) is 6.74. The van der Waals surface area contributed by atoms with Crippen molar-refractivity contribution in [1.82, 2.24) is 19.9 Å². The van der Waals surface area contributed by atoms with Crippen LogP contribution in [0.3, 0.4) is 0 Å². The van der Waals surface area contributed by atoms with E-state index in [0.29, 0.717) is 25.3 Å². The Morgan fingerprint density at radius 1 is 0.846 bits per heavy atom. The van der Waals surface area contributed by atoms with Crippen molar-refractivity contribution in [2.75, 3.05) is 5.32 Å². The molecule has 1 amide bonds. The van der Waals surface area contributed by atoms with Gasteiger partial charge in [-0.1, -0.05) is 89.6 Å². The smallest absolute Gasteiger partial charge is 0.258 e. The minimum Gasteiger partial charge on any atom is -0.487 e. The van der Waals surface area contributed by atoms with Gasteiger partial charge in [-0.05, 0) is 47.9 Å². The molecule has 7 heteroatoms. The van der Waals surface area contributed by atoms with E-state index >= 15 is 0 Å². The predicted octanol–water partition coefficient (Wildman–Crippen LogP) is 5.98. The fraction of sp³-hybridized carbons (Fsp3) is 0.156. The first kappa shape index (κ1) is 24.4. The summed E-state index contributed by atoms with van der Waals surface area (Å²) in [4.78, 5) is 15.4. The summed E-state index contributed by atoms with van der Waals surface area (Å²) in [5, 5.41) is 12.1. The summed E-state index contributed by atoms with van der Waals surface area (Å²) in [7, 11) is 0. The van der Waals surface area contributed by atoms with Crippen LogP contribution in [0.25, 0.3) is 0 Å². The number of para-hydroxylation sites is 1. The normalized spacial score (nSPS) is 14.5. The third-order valence-electron chi connectivity index (χ3n) is 6.81. The van der Waals surface area contributed by atoms with Crippen molar-refractivity contribution in [3.05, 3.63) is 143 Å². The number of nitrogens with one attached hydrogen (secondary N) is 1. The predicted molar refractivity (Wildman–Crippen MR) is 150 cm³/mol. The van der Waals surface area contributed by atoms with Crippen LogP contribution in [0.4, 0.5) is 5.69 Å². The zero-order valence-electron chi connectivity index (χ0n) is 21.7. The Labute approximate surface area is 227 Å². The quantitative estimate of drug-likeness (QED) is 0.275. The van der Waals surface area contributed by atoms with Gasteiger partial charge in [0.05, 0.1) is 18.3 Å². The van der Waals surface area contributed by atoms with Gasteiger partial charge in [-0.15, -0.1) is 5.10 Å². The van der Waals surface area contributed by atoms with Gasteiger partial charge in [-0.2, -0.15) is 0 Å².